The van der Waals surface area contributed by atoms with E-state index in [1.807, 2.05) is 6.07 Å². The van der Waals surface area contributed by atoms with E-state index < -0.39 is 0 Å². The Kier molecular flexibility index (Phi) is 3.30. The molecule has 1 heterocycles. The number of carbonyl (C=O) groups is 1. The summed E-state index contributed by atoms with van der Waals surface area (Å²) in [4.78, 5) is 11.2. The molecule has 14 heavy (non-hydrogen) atoms. The van der Waals surface area contributed by atoms with E-state index in [0.29, 0.717) is 6.42 Å². The van der Waals surface area contributed by atoms with Crippen LogP contribution in [0.4, 0.5) is 0 Å². The molecule has 0 spiro atoms. The Bertz CT molecular complexity index is 388. The van der Waals surface area contributed by atoms with Crippen molar-refractivity contribution in [1.29, 1.82) is 0 Å². The maximum absolute atomic E-state index is 11.2. The molecule has 2 rings (SSSR count). The molecule has 1 aromatic carbocycles. The lowest BCUT2D eigenvalue weighted by Crippen LogP contribution is -2.05. The molecule has 4 heteroatoms. The highest BCUT2D eigenvalue weighted by Gasteiger charge is 2.17. The lowest BCUT2D eigenvalue weighted by molar-refractivity contribution is -0.134. The van der Waals surface area contributed by atoms with Gasteiger partial charge < -0.3 is 4.74 Å². The summed E-state index contributed by atoms with van der Waals surface area (Å²) in [7, 11) is 0. The zero-order valence-corrected chi connectivity index (χ0v) is 11.7. The first-order valence-corrected chi connectivity index (χ1v) is 6.51. The van der Waals surface area contributed by atoms with E-state index in [1.54, 1.807) is 0 Å². The summed E-state index contributed by atoms with van der Waals surface area (Å²) in [6.07, 6.45) is 2.36. The number of rotatable bonds is 0. The van der Waals surface area contributed by atoms with Crippen molar-refractivity contribution in [2.24, 2.45) is 0 Å². The van der Waals surface area contributed by atoms with Crippen LogP contribution in [0.3, 0.4) is 0 Å². The van der Waals surface area contributed by atoms with Crippen LogP contribution in [0, 0.1) is 7.14 Å². The van der Waals surface area contributed by atoms with Crippen molar-refractivity contribution < 1.29 is 9.53 Å². The number of hydrogen-bond donors (Lipinski definition) is 0. The highest BCUT2D eigenvalue weighted by molar-refractivity contribution is 14.1. The van der Waals surface area contributed by atoms with Crippen LogP contribution in [0.15, 0.2) is 12.1 Å². The fourth-order valence-corrected chi connectivity index (χ4v) is 3.56. The molecule has 0 aromatic heterocycles. The van der Waals surface area contributed by atoms with E-state index in [2.05, 4.69) is 51.2 Å². The summed E-state index contributed by atoms with van der Waals surface area (Å²) in [6, 6.07) is 4.04. The molecule has 0 amide bonds. The smallest absolute Gasteiger partial charge is 0.311 e. The number of benzene rings is 1. The molecule has 0 N–H and O–H groups in total. The fraction of sp³-hybridized carbons (Fsp3) is 0.300. The Morgan fingerprint density at radius 3 is 2.79 bits per heavy atom. The Labute approximate surface area is 110 Å². The van der Waals surface area contributed by atoms with Crippen LogP contribution < -0.4 is 4.74 Å². The van der Waals surface area contributed by atoms with Gasteiger partial charge in [-0.3, -0.25) is 4.79 Å². The molecule has 1 aliphatic heterocycles. The molecule has 0 radical (unpaired) electrons. The van der Waals surface area contributed by atoms with Gasteiger partial charge in [-0.25, -0.2) is 0 Å². The van der Waals surface area contributed by atoms with Crippen LogP contribution in [-0.4, -0.2) is 5.97 Å². The molecular weight excluding hydrogens is 406 g/mol. The van der Waals surface area contributed by atoms with Crippen molar-refractivity contribution in [2.75, 3.05) is 0 Å². The van der Waals surface area contributed by atoms with Gasteiger partial charge in [0.05, 0.1) is 0 Å². The van der Waals surface area contributed by atoms with Gasteiger partial charge in [0.15, 0.2) is 0 Å². The average Bonchev–Trinajstić information content (AvgIpc) is 2.25. The SMILES string of the molecule is O=C1CCCc2c(I)cc(I)cc2O1. The van der Waals surface area contributed by atoms with E-state index >= 15 is 0 Å². The topological polar surface area (TPSA) is 26.3 Å². The van der Waals surface area contributed by atoms with Crippen LogP contribution in [0.25, 0.3) is 0 Å². The zero-order valence-electron chi connectivity index (χ0n) is 7.35. The first-order chi connectivity index (χ1) is 6.66. The van der Waals surface area contributed by atoms with Crippen molar-refractivity contribution in [3.8, 4) is 5.75 Å². The zero-order chi connectivity index (χ0) is 10.1. The van der Waals surface area contributed by atoms with E-state index in [0.717, 1.165) is 22.2 Å². The van der Waals surface area contributed by atoms with Gasteiger partial charge in [-0.15, -0.1) is 0 Å². The van der Waals surface area contributed by atoms with Crippen molar-refractivity contribution in [1.82, 2.24) is 0 Å². The third-order valence-electron chi connectivity index (χ3n) is 2.15. The molecule has 0 atom stereocenters. The molecule has 0 saturated heterocycles. The molecule has 74 valence electrons. The number of esters is 1. The lowest BCUT2D eigenvalue weighted by atomic mass is 10.1. The largest absolute Gasteiger partial charge is 0.426 e. The van der Waals surface area contributed by atoms with Gasteiger partial charge in [-0.2, -0.15) is 0 Å². The van der Waals surface area contributed by atoms with Crippen LogP contribution >= 0.6 is 45.2 Å². The number of ether oxygens (including phenoxy) is 1. The summed E-state index contributed by atoms with van der Waals surface area (Å²) in [5.41, 5.74) is 1.18. The van der Waals surface area contributed by atoms with E-state index in [-0.39, 0.29) is 5.97 Å². The van der Waals surface area contributed by atoms with Gasteiger partial charge in [0, 0.05) is 19.1 Å². The Morgan fingerprint density at radius 2 is 2.00 bits per heavy atom. The number of hydrogen-bond acceptors (Lipinski definition) is 2. The minimum atomic E-state index is -0.110. The summed E-state index contributed by atoms with van der Waals surface area (Å²) in [5, 5.41) is 0. The Balaban J connectivity index is 2.50. The van der Waals surface area contributed by atoms with Gasteiger partial charge in [0.1, 0.15) is 5.75 Å². The lowest BCUT2D eigenvalue weighted by Gasteiger charge is -2.08. The summed E-state index contributed by atoms with van der Waals surface area (Å²) in [6.45, 7) is 0. The Hall–Kier alpha value is 0.150. The van der Waals surface area contributed by atoms with E-state index in [9.17, 15) is 4.79 Å². The number of halogens is 2. The molecule has 0 bridgehead atoms. The normalized spacial score (nSPS) is 15.7. The molecule has 0 aliphatic carbocycles. The molecular formula is C10H8I2O2. The molecule has 0 fully saturated rings. The maximum atomic E-state index is 11.2. The quantitative estimate of drug-likeness (QED) is 0.371. The second-order valence-corrected chi connectivity index (χ2v) is 5.60. The van der Waals surface area contributed by atoms with Gasteiger partial charge in [-0.1, -0.05) is 0 Å². The monoisotopic (exact) mass is 414 g/mol. The average molecular weight is 414 g/mol. The number of fused-ring (bicyclic) bond motifs is 1. The van der Waals surface area contributed by atoms with Crippen LogP contribution in [-0.2, 0) is 11.2 Å². The fourth-order valence-electron chi connectivity index (χ4n) is 1.50. The van der Waals surface area contributed by atoms with Gasteiger partial charge in [0.2, 0.25) is 0 Å². The van der Waals surface area contributed by atoms with Gasteiger partial charge in [0.25, 0.3) is 0 Å². The van der Waals surface area contributed by atoms with Crippen LogP contribution in [0.1, 0.15) is 18.4 Å². The third-order valence-corrected chi connectivity index (χ3v) is 3.74. The van der Waals surface area contributed by atoms with Gasteiger partial charge in [-0.05, 0) is 70.2 Å². The first-order valence-electron chi connectivity index (χ1n) is 4.35. The summed E-state index contributed by atoms with van der Waals surface area (Å²) < 4.78 is 7.58. The minimum Gasteiger partial charge on any atom is -0.426 e. The molecule has 2 nitrogen and oxygen atoms in total. The predicted molar refractivity (Wildman–Crippen MR) is 70.4 cm³/mol. The van der Waals surface area contributed by atoms with Crippen molar-refractivity contribution in [3.05, 3.63) is 24.8 Å². The summed E-state index contributed by atoms with van der Waals surface area (Å²) in [5.74, 6) is 0.644. The van der Waals surface area contributed by atoms with E-state index in [1.165, 1.54) is 9.13 Å². The minimum absolute atomic E-state index is 0.110. The first kappa shape index (κ1) is 10.7. The third kappa shape index (κ3) is 2.21. The second kappa shape index (κ2) is 4.34. The van der Waals surface area contributed by atoms with Crippen molar-refractivity contribution in [2.45, 2.75) is 19.3 Å². The molecule has 1 aromatic rings. The summed E-state index contributed by atoms with van der Waals surface area (Å²) >= 11 is 4.53. The number of carbonyl (C=O) groups excluding carboxylic acids is 1. The predicted octanol–water partition coefficient (Wildman–Crippen LogP) is 3.14. The molecule has 1 aliphatic rings. The van der Waals surface area contributed by atoms with Crippen molar-refractivity contribution >= 4 is 51.2 Å². The molecule has 0 unspecified atom stereocenters. The second-order valence-electron chi connectivity index (χ2n) is 3.19. The molecule has 0 saturated carbocycles. The highest BCUT2D eigenvalue weighted by atomic mass is 127. The standard InChI is InChI=1S/C10H8I2O2/c11-6-4-8(12)7-2-1-3-10(13)14-9(7)5-6/h4-5H,1-3H2. The van der Waals surface area contributed by atoms with E-state index in [4.69, 9.17) is 4.74 Å². The van der Waals surface area contributed by atoms with Crippen molar-refractivity contribution in [3.63, 3.8) is 0 Å². The van der Waals surface area contributed by atoms with Crippen LogP contribution in [0.2, 0.25) is 0 Å². The highest BCUT2D eigenvalue weighted by Crippen LogP contribution is 2.30. The van der Waals surface area contributed by atoms with Crippen LogP contribution in [0.5, 0.6) is 5.75 Å². The maximum Gasteiger partial charge on any atom is 0.311 e. The van der Waals surface area contributed by atoms with Gasteiger partial charge >= 0.3 is 5.97 Å². The Morgan fingerprint density at radius 1 is 1.21 bits per heavy atom.